The molecule has 2 aromatic heterocycles. The Morgan fingerprint density at radius 3 is 2.48 bits per heavy atom. The van der Waals surface area contributed by atoms with Crippen LogP contribution in [0, 0.1) is 17.6 Å². The summed E-state index contributed by atoms with van der Waals surface area (Å²) in [5, 5.41) is 6.11. The van der Waals surface area contributed by atoms with Crippen molar-refractivity contribution in [1.82, 2.24) is 9.97 Å². The van der Waals surface area contributed by atoms with Gasteiger partial charge in [0.1, 0.15) is 23.0 Å². The Kier molecular flexibility index (Phi) is 6.51. The predicted molar refractivity (Wildman–Crippen MR) is 100 cm³/mol. The molecule has 9 heteroatoms. The van der Waals surface area contributed by atoms with Crippen molar-refractivity contribution in [2.45, 2.75) is 12.8 Å². The molecule has 0 saturated heterocycles. The summed E-state index contributed by atoms with van der Waals surface area (Å²) in [7, 11) is 0. The number of hydrogen-bond acceptors (Lipinski definition) is 5. The van der Waals surface area contributed by atoms with E-state index in [1.165, 1.54) is 30.6 Å². The molecule has 1 amide bonds. The van der Waals surface area contributed by atoms with E-state index in [1.807, 2.05) is 0 Å². The van der Waals surface area contributed by atoms with Gasteiger partial charge in [-0.05, 0) is 48.7 Å². The van der Waals surface area contributed by atoms with Crippen LogP contribution >= 0.6 is 0 Å². The highest BCUT2D eigenvalue weighted by atomic mass is 19.1. The number of pyridine rings is 2. The first kappa shape index (κ1) is 20.0. The standard InChI is InChI=1S/C20H15F3N4O2/c21-15-4-1-5-16(22)19(15)20(28)27-18-9-6-13(11-25-18)3-2-10-26-29-14-7-8-17(23)24-12-14/h1,4-12H,2-3H2,(H,25,27,28)/b26-10+. The van der Waals surface area contributed by atoms with Crippen LogP contribution in [0.5, 0.6) is 5.75 Å². The molecule has 0 aliphatic carbocycles. The minimum atomic E-state index is -0.947. The minimum absolute atomic E-state index is 0.169. The summed E-state index contributed by atoms with van der Waals surface area (Å²) in [6, 6.07) is 9.02. The maximum absolute atomic E-state index is 13.6. The molecule has 0 spiro atoms. The van der Waals surface area contributed by atoms with Gasteiger partial charge in [-0.3, -0.25) is 4.79 Å². The van der Waals surface area contributed by atoms with Gasteiger partial charge in [0.15, 0.2) is 5.75 Å². The molecule has 3 rings (SSSR count). The van der Waals surface area contributed by atoms with Crippen LogP contribution in [0.4, 0.5) is 19.0 Å². The van der Waals surface area contributed by atoms with Crippen LogP contribution in [-0.4, -0.2) is 22.1 Å². The minimum Gasteiger partial charge on any atom is -0.356 e. The van der Waals surface area contributed by atoms with Crippen molar-refractivity contribution in [2.75, 3.05) is 5.32 Å². The van der Waals surface area contributed by atoms with Gasteiger partial charge < -0.3 is 10.2 Å². The average molecular weight is 400 g/mol. The Balaban J connectivity index is 1.49. The maximum Gasteiger partial charge on any atom is 0.262 e. The summed E-state index contributed by atoms with van der Waals surface area (Å²) in [6.07, 6.45) is 5.43. The molecule has 0 bridgehead atoms. The van der Waals surface area contributed by atoms with Gasteiger partial charge in [0, 0.05) is 12.4 Å². The van der Waals surface area contributed by atoms with E-state index in [1.54, 1.807) is 12.3 Å². The monoisotopic (exact) mass is 400 g/mol. The lowest BCUT2D eigenvalue weighted by atomic mass is 10.1. The molecule has 0 atom stereocenters. The Labute approximate surface area is 164 Å². The third kappa shape index (κ3) is 5.61. The maximum atomic E-state index is 13.6. The smallest absolute Gasteiger partial charge is 0.262 e. The molecule has 0 fully saturated rings. The topological polar surface area (TPSA) is 76.5 Å². The van der Waals surface area contributed by atoms with Gasteiger partial charge in [0.2, 0.25) is 5.95 Å². The van der Waals surface area contributed by atoms with E-state index in [-0.39, 0.29) is 5.82 Å². The number of nitrogens with zero attached hydrogens (tertiary/aromatic N) is 3. The van der Waals surface area contributed by atoms with Gasteiger partial charge in [-0.25, -0.2) is 18.7 Å². The van der Waals surface area contributed by atoms with Crippen LogP contribution in [0.2, 0.25) is 0 Å². The SMILES string of the molecule is O=C(Nc1ccc(CC/C=N/Oc2ccc(F)nc2)cn1)c1c(F)cccc1F. The predicted octanol–water partition coefficient (Wildman–Crippen LogP) is 4.14. The fourth-order valence-corrected chi connectivity index (χ4v) is 2.34. The molecule has 29 heavy (non-hydrogen) atoms. The van der Waals surface area contributed by atoms with Crippen LogP contribution in [-0.2, 0) is 6.42 Å². The lowest BCUT2D eigenvalue weighted by Gasteiger charge is -2.07. The van der Waals surface area contributed by atoms with Crippen molar-refractivity contribution in [3.05, 3.63) is 83.6 Å². The van der Waals surface area contributed by atoms with Crippen LogP contribution in [0.25, 0.3) is 0 Å². The van der Waals surface area contributed by atoms with Crippen LogP contribution in [0.15, 0.2) is 60.0 Å². The quantitative estimate of drug-likeness (QED) is 0.367. The normalized spacial score (nSPS) is 10.9. The third-order valence-electron chi connectivity index (χ3n) is 3.75. The zero-order valence-electron chi connectivity index (χ0n) is 15.0. The van der Waals surface area contributed by atoms with Crippen LogP contribution in [0.1, 0.15) is 22.3 Å². The van der Waals surface area contributed by atoms with E-state index < -0.39 is 29.1 Å². The summed E-state index contributed by atoms with van der Waals surface area (Å²) < 4.78 is 39.9. The lowest BCUT2D eigenvalue weighted by molar-refractivity contribution is 0.101. The molecule has 1 aromatic carbocycles. The van der Waals surface area contributed by atoms with Crippen molar-refractivity contribution >= 4 is 17.9 Å². The summed E-state index contributed by atoms with van der Waals surface area (Å²) in [5.41, 5.74) is 0.195. The second kappa shape index (κ2) is 9.45. The highest BCUT2D eigenvalue weighted by Crippen LogP contribution is 2.15. The van der Waals surface area contributed by atoms with Gasteiger partial charge in [-0.15, -0.1) is 0 Å². The molecular formula is C20H15F3N4O2. The molecule has 0 aliphatic rings. The first-order valence-electron chi connectivity index (χ1n) is 8.53. The van der Waals surface area contributed by atoms with E-state index >= 15 is 0 Å². The number of hydrogen-bond donors (Lipinski definition) is 1. The second-order valence-electron chi connectivity index (χ2n) is 5.84. The summed E-state index contributed by atoms with van der Waals surface area (Å²) in [5.74, 6) is -2.93. The fourth-order valence-electron chi connectivity index (χ4n) is 2.34. The van der Waals surface area contributed by atoms with Gasteiger partial charge in [0.25, 0.3) is 5.91 Å². The van der Waals surface area contributed by atoms with Gasteiger partial charge in [0.05, 0.1) is 6.20 Å². The molecule has 1 N–H and O–H groups in total. The number of carbonyl (C=O) groups is 1. The molecule has 0 radical (unpaired) electrons. The average Bonchev–Trinajstić information content (AvgIpc) is 2.70. The second-order valence-corrected chi connectivity index (χ2v) is 5.84. The summed E-state index contributed by atoms with van der Waals surface area (Å²) in [6.45, 7) is 0. The molecule has 2 heterocycles. The largest absolute Gasteiger partial charge is 0.356 e. The van der Waals surface area contributed by atoms with Gasteiger partial charge in [-0.1, -0.05) is 17.3 Å². The molecule has 6 nitrogen and oxygen atoms in total. The Bertz CT molecular complexity index is 989. The summed E-state index contributed by atoms with van der Waals surface area (Å²) in [4.78, 5) is 24.6. The van der Waals surface area contributed by atoms with Crippen LogP contribution in [0.3, 0.4) is 0 Å². The van der Waals surface area contributed by atoms with E-state index in [0.717, 1.165) is 23.8 Å². The molecule has 148 valence electrons. The van der Waals surface area contributed by atoms with E-state index in [9.17, 15) is 18.0 Å². The Morgan fingerprint density at radius 1 is 1.03 bits per heavy atom. The lowest BCUT2D eigenvalue weighted by Crippen LogP contribution is -2.16. The molecule has 3 aromatic rings. The first-order chi connectivity index (χ1) is 14.0. The Morgan fingerprint density at radius 2 is 1.83 bits per heavy atom. The van der Waals surface area contributed by atoms with Crippen molar-refractivity contribution in [2.24, 2.45) is 5.16 Å². The summed E-state index contributed by atoms with van der Waals surface area (Å²) >= 11 is 0. The number of carbonyl (C=O) groups excluding carboxylic acids is 1. The number of anilines is 1. The molecular weight excluding hydrogens is 385 g/mol. The number of oxime groups is 1. The fraction of sp³-hybridized carbons (Fsp3) is 0.100. The van der Waals surface area contributed by atoms with Gasteiger partial charge >= 0.3 is 0 Å². The number of aryl methyl sites for hydroxylation is 1. The third-order valence-corrected chi connectivity index (χ3v) is 3.75. The van der Waals surface area contributed by atoms with E-state index in [4.69, 9.17) is 4.84 Å². The zero-order valence-corrected chi connectivity index (χ0v) is 15.0. The number of amides is 1. The van der Waals surface area contributed by atoms with Crippen molar-refractivity contribution in [1.29, 1.82) is 0 Å². The highest BCUT2D eigenvalue weighted by molar-refractivity contribution is 6.04. The van der Waals surface area contributed by atoms with Crippen molar-refractivity contribution < 1.29 is 22.8 Å². The highest BCUT2D eigenvalue weighted by Gasteiger charge is 2.17. The molecule has 0 saturated carbocycles. The zero-order chi connectivity index (χ0) is 20.6. The molecule has 0 aliphatic heterocycles. The van der Waals surface area contributed by atoms with E-state index in [0.29, 0.717) is 18.6 Å². The molecule has 0 unspecified atom stereocenters. The number of nitrogens with one attached hydrogen (secondary N) is 1. The number of benzene rings is 1. The van der Waals surface area contributed by atoms with Crippen molar-refractivity contribution in [3.63, 3.8) is 0 Å². The number of rotatable bonds is 7. The van der Waals surface area contributed by atoms with Gasteiger partial charge in [-0.2, -0.15) is 4.39 Å². The first-order valence-corrected chi connectivity index (χ1v) is 8.53. The number of halogens is 3. The van der Waals surface area contributed by atoms with Crippen LogP contribution < -0.4 is 10.2 Å². The van der Waals surface area contributed by atoms with E-state index in [2.05, 4.69) is 20.4 Å². The Hall–Kier alpha value is -3.75. The number of aromatic nitrogens is 2. The van der Waals surface area contributed by atoms with Crippen molar-refractivity contribution in [3.8, 4) is 5.75 Å².